The van der Waals surface area contributed by atoms with Crippen molar-refractivity contribution in [1.29, 1.82) is 0 Å². The SMILES string of the molecule is C/C=C/CCC1CCC(c2ccc(C3CCc4ccc(F)cc4C3)cc2)CC1. The molecule has 0 amide bonds. The maximum atomic E-state index is 13.6. The molecule has 0 spiro atoms. The lowest BCUT2D eigenvalue weighted by molar-refractivity contribution is 0.312. The molecule has 0 heterocycles. The molecular formula is C27H33F. The van der Waals surface area contributed by atoms with Crippen LogP contribution in [0.2, 0.25) is 0 Å². The molecule has 1 atom stereocenters. The zero-order chi connectivity index (χ0) is 19.3. The predicted octanol–water partition coefficient (Wildman–Crippen LogP) is 7.73. The number of benzene rings is 2. The molecule has 0 aliphatic heterocycles. The van der Waals surface area contributed by atoms with Crippen molar-refractivity contribution in [2.45, 2.75) is 76.5 Å². The molecule has 148 valence electrons. The van der Waals surface area contributed by atoms with E-state index in [0.717, 1.165) is 24.7 Å². The van der Waals surface area contributed by atoms with E-state index in [1.807, 2.05) is 6.07 Å². The van der Waals surface area contributed by atoms with Gasteiger partial charge in [0, 0.05) is 0 Å². The van der Waals surface area contributed by atoms with Gasteiger partial charge in [-0.25, -0.2) is 4.39 Å². The van der Waals surface area contributed by atoms with Crippen molar-refractivity contribution in [3.8, 4) is 0 Å². The van der Waals surface area contributed by atoms with Gasteiger partial charge in [0.25, 0.3) is 0 Å². The molecule has 2 aliphatic carbocycles. The molecule has 0 nitrogen and oxygen atoms in total. The van der Waals surface area contributed by atoms with Gasteiger partial charge >= 0.3 is 0 Å². The quantitative estimate of drug-likeness (QED) is 0.468. The zero-order valence-corrected chi connectivity index (χ0v) is 17.2. The molecular weight excluding hydrogens is 343 g/mol. The normalized spacial score (nSPS) is 25.0. The van der Waals surface area contributed by atoms with Gasteiger partial charge in [0.2, 0.25) is 0 Å². The summed E-state index contributed by atoms with van der Waals surface area (Å²) >= 11 is 0. The Morgan fingerprint density at radius 1 is 0.857 bits per heavy atom. The van der Waals surface area contributed by atoms with Gasteiger partial charge < -0.3 is 0 Å². The Balaban J connectivity index is 1.35. The average Bonchev–Trinajstić information content (AvgIpc) is 2.74. The fourth-order valence-corrected chi connectivity index (χ4v) is 5.33. The maximum Gasteiger partial charge on any atom is 0.123 e. The summed E-state index contributed by atoms with van der Waals surface area (Å²) in [7, 11) is 0. The molecule has 0 bridgehead atoms. The van der Waals surface area contributed by atoms with Gasteiger partial charge in [-0.05, 0) is 117 Å². The average molecular weight is 377 g/mol. The number of hydrogen-bond donors (Lipinski definition) is 0. The monoisotopic (exact) mass is 376 g/mol. The molecule has 2 aliphatic rings. The van der Waals surface area contributed by atoms with Crippen LogP contribution in [0.4, 0.5) is 4.39 Å². The Bertz CT molecular complexity index is 794. The van der Waals surface area contributed by atoms with Crippen LogP contribution < -0.4 is 0 Å². The van der Waals surface area contributed by atoms with Crippen LogP contribution in [0, 0.1) is 11.7 Å². The van der Waals surface area contributed by atoms with Crippen molar-refractivity contribution < 1.29 is 4.39 Å². The van der Waals surface area contributed by atoms with Crippen molar-refractivity contribution in [3.05, 3.63) is 82.7 Å². The summed E-state index contributed by atoms with van der Waals surface area (Å²) in [6.07, 6.45) is 15.8. The van der Waals surface area contributed by atoms with Crippen molar-refractivity contribution >= 4 is 0 Å². The van der Waals surface area contributed by atoms with E-state index in [9.17, 15) is 4.39 Å². The van der Waals surface area contributed by atoms with Crippen LogP contribution in [0.5, 0.6) is 0 Å². The van der Waals surface area contributed by atoms with Crippen molar-refractivity contribution in [2.24, 2.45) is 5.92 Å². The first-order valence-corrected chi connectivity index (χ1v) is 11.2. The van der Waals surface area contributed by atoms with Crippen LogP contribution in [-0.2, 0) is 12.8 Å². The molecule has 28 heavy (non-hydrogen) atoms. The van der Waals surface area contributed by atoms with Crippen LogP contribution in [0.1, 0.15) is 86.0 Å². The van der Waals surface area contributed by atoms with Gasteiger partial charge in [-0.1, -0.05) is 42.5 Å². The summed E-state index contributed by atoms with van der Waals surface area (Å²) in [6, 6.07) is 14.8. The summed E-state index contributed by atoms with van der Waals surface area (Å²) in [5.41, 5.74) is 5.49. The Kier molecular flexibility index (Phi) is 6.29. The second-order valence-electron chi connectivity index (χ2n) is 8.88. The summed E-state index contributed by atoms with van der Waals surface area (Å²) in [5.74, 6) is 2.10. The molecule has 1 heteroatoms. The van der Waals surface area contributed by atoms with Gasteiger partial charge in [0.05, 0.1) is 0 Å². The fourth-order valence-electron chi connectivity index (χ4n) is 5.33. The Hall–Kier alpha value is -1.89. The third-order valence-electron chi connectivity index (χ3n) is 7.10. The number of halogens is 1. The van der Waals surface area contributed by atoms with Gasteiger partial charge in [-0.15, -0.1) is 0 Å². The first kappa shape index (κ1) is 19.4. The smallest absolute Gasteiger partial charge is 0.123 e. The van der Waals surface area contributed by atoms with E-state index in [4.69, 9.17) is 0 Å². The second-order valence-corrected chi connectivity index (χ2v) is 8.88. The molecule has 4 rings (SSSR count). The molecule has 1 fully saturated rings. The first-order valence-electron chi connectivity index (χ1n) is 11.2. The highest BCUT2D eigenvalue weighted by Crippen LogP contribution is 2.39. The Morgan fingerprint density at radius 2 is 1.57 bits per heavy atom. The van der Waals surface area contributed by atoms with Crippen LogP contribution in [0.25, 0.3) is 0 Å². The third kappa shape index (κ3) is 4.57. The van der Waals surface area contributed by atoms with Gasteiger partial charge in [-0.2, -0.15) is 0 Å². The van der Waals surface area contributed by atoms with Crippen molar-refractivity contribution in [3.63, 3.8) is 0 Å². The van der Waals surface area contributed by atoms with E-state index in [0.29, 0.717) is 5.92 Å². The highest BCUT2D eigenvalue weighted by atomic mass is 19.1. The largest absolute Gasteiger partial charge is 0.207 e. The molecule has 0 saturated heterocycles. The number of rotatable bonds is 5. The van der Waals surface area contributed by atoms with E-state index in [-0.39, 0.29) is 5.82 Å². The lowest BCUT2D eigenvalue weighted by Crippen LogP contribution is -2.14. The van der Waals surface area contributed by atoms with Crippen LogP contribution in [-0.4, -0.2) is 0 Å². The van der Waals surface area contributed by atoms with Gasteiger partial charge in [-0.3, -0.25) is 0 Å². The molecule has 1 unspecified atom stereocenters. The Morgan fingerprint density at radius 3 is 2.29 bits per heavy atom. The number of allylic oxidation sites excluding steroid dienone is 2. The lowest BCUT2D eigenvalue weighted by atomic mass is 9.76. The predicted molar refractivity (Wildman–Crippen MR) is 116 cm³/mol. The summed E-state index contributed by atoms with van der Waals surface area (Å²) < 4.78 is 13.6. The molecule has 0 N–H and O–H groups in total. The van der Waals surface area contributed by atoms with E-state index in [1.54, 1.807) is 12.1 Å². The zero-order valence-electron chi connectivity index (χ0n) is 17.2. The van der Waals surface area contributed by atoms with Gasteiger partial charge in [0.15, 0.2) is 0 Å². The molecule has 2 aromatic carbocycles. The number of hydrogen-bond acceptors (Lipinski definition) is 0. The first-order chi connectivity index (χ1) is 13.7. The molecule has 0 radical (unpaired) electrons. The fraction of sp³-hybridized carbons (Fsp3) is 0.481. The molecule has 0 aromatic heterocycles. The summed E-state index contributed by atoms with van der Waals surface area (Å²) in [4.78, 5) is 0. The lowest BCUT2D eigenvalue weighted by Gasteiger charge is -2.29. The maximum absolute atomic E-state index is 13.6. The van der Waals surface area contributed by atoms with E-state index >= 15 is 0 Å². The highest BCUT2D eigenvalue weighted by Gasteiger charge is 2.23. The van der Waals surface area contributed by atoms with E-state index < -0.39 is 0 Å². The van der Waals surface area contributed by atoms with E-state index in [1.165, 1.54) is 67.2 Å². The second kappa shape index (κ2) is 9.07. The third-order valence-corrected chi connectivity index (χ3v) is 7.10. The summed E-state index contributed by atoms with van der Waals surface area (Å²) in [5, 5.41) is 0. The molecule has 2 aromatic rings. The van der Waals surface area contributed by atoms with Crippen LogP contribution >= 0.6 is 0 Å². The van der Waals surface area contributed by atoms with E-state index in [2.05, 4.69) is 43.3 Å². The van der Waals surface area contributed by atoms with Crippen molar-refractivity contribution in [1.82, 2.24) is 0 Å². The minimum absolute atomic E-state index is 0.101. The Labute approximate surface area is 169 Å². The highest BCUT2D eigenvalue weighted by molar-refractivity contribution is 5.35. The topological polar surface area (TPSA) is 0 Å². The van der Waals surface area contributed by atoms with Crippen LogP contribution in [0.3, 0.4) is 0 Å². The number of fused-ring (bicyclic) bond motifs is 1. The van der Waals surface area contributed by atoms with Crippen LogP contribution in [0.15, 0.2) is 54.6 Å². The standard InChI is InChI=1S/C27H33F/c1-2-3-4-5-20-6-8-21(9-7-20)22-10-12-23(13-11-22)25-15-14-24-16-17-27(28)19-26(24)18-25/h2-3,10-13,16-17,19-21,25H,4-9,14-15,18H2,1H3/b3-2+. The molecule has 1 saturated carbocycles. The van der Waals surface area contributed by atoms with Gasteiger partial charge in [0.1, 0.15) is 5.82 Å². The minimum atomic E-state index is -0.101. The minimum Gasteiger partial charge on any atom is -0.207 e. The van der Waals surface area contributed by atoms with Crippen molar-refractivity contribution in [2.75, 3.05) is 0 Å². The number of aryl methyl sites for hydroxylation is 1. The summed E-state index contributed by atoms with van der Waals surface area (Å²) in [6.45, 7) is 2.12.